The minimum atomic E-state index is 0.208. The Kier molecular flexibility index (Phi) is 5.62. The SMILES string of the molecule is CN1CCCCC1CCNCC(C)(C)c1ccccc1. The van der Waals surface area contributed by atoms with Gasteiger partial charge in [-0.15, -0.1) is 0 Å². The van der Waals surface area contributed by atoms with Crippen LogP contribution in [0.5, 0.6) is 0 Å². The van der Waals surface area contributed by atoms with E-state index in [9.17, 15) is 0 Å². The first-order valence-corrected chi connectivity index (χ1v) is 8.06. The van der Waals surface area contributed by atoms with Gasteiger partial charge in [0, 0.05) is 18.0 Å². The van der Waals surface area contributed by atoms with Crippen molar-refractivity contribution < 1.29 is 0 Å². The molecule has 0 radical (unpaired) electrons. The highest BCUT2D eigenvalue weighted by Crippen LogP contribution is 2.22. The molecule has 1 saturated heterocycles. The smallest absolute Gasteiger partial charge is 0.0104 e. The number of nitrogens with zero attached hydrogens (tertiary/aromatic N) is 1. The summed E-state index contributed by atoms with van der Waals surface area (Å²) in [6, 6.07) is 11.6. The topological polar surface area (TPSA) is 15.3 Å². The molecule has 0 amide bonds. The van der Waals surface area contributed by atoms with Crippen LogP contribution in [0.4, 0.5) is 0 Å². The summed E-state index contributed by atoms with van der Waals surface area (Å²) in [5.41, 5.74) is 1.63. The average Bonchev–Trinajstić information content (AvgIpc) is 2.46. The lowest BCUT2D eigenvalue weighted by Gasteiger charge is -2.33. The summed E-state index contributed by atoms with van der Waals surface area (Å²) in [6.07, 6.45) is 5.44. The molecule has 20 heavy (non-hydrogen) atoms. The van der Waals surface area contributed by atoms with Crippen molar-refractivity contribution in [2.45, 2.75) is 51.0 Å². The predicted octanol–water partition coefficient (Wildman–Crippen LogP) is 3.43. The molecule has 0 saturated carbocycles. The summed E-state index contributed by atoms with van der Waals surface area (Å²) in [5, 5.41) is 3.67. The molecule has 1 atom stereocenters. The van der Waals surface area contributed by atoms with Crippen LogP contribution in [-0.4, -0.2) is 37.6 Å². The van der Waals surface area contributed by atoms with Crippen LogP contribution in [0, 0.1) is 0 Å². The molecule has 0 bridgehead atoms. The van der Waals surface area contributed by atoms with Gasteiger partial charge in [0.05, 0.1) is 0 Å². The fourth-order valence-electron chi connectivity index (χ4n) is 3.17. The third-order valence-corrected chi connectivity index (χ3v) is 4.70. The van der Waals surface area contributed by atoms with Crippen LogP contribution >= 0.6 is 0 Å². The van der Waals surface area contributed by atoms with Crippen LogP contribution in [0.1, 0.15) is 45.1 Å². The first-order valence-electron chi connectivity index (χ1n) is 8.06. The molecular formula is C18H30N2. The van der Waals surface area contributed by atoms with Crippen molar-refractivity contribution in [2.24, 2.45) is 0 Å². The number of rotatable bonds is 6. The van der Waals surface area contributed by atoms with E-state index in [4.69, 9.17) is 0 Å². The summed E-state index contributed by atoms with van der Waals surface area (Å²) in [5.74, 6) is 0. The lowest BCUT2D eigenvalue weighted by atomic mass is 9.84. The fourth-order valence-corrected chi connectivity index (χ4v) is 3.17. The van der Waals surface area contributed by atoms with E-state index in [-0.39, 0.29) is 5.41 Å². The first kappa shape index (κ1) is 15.5. The minimum absolute atomic E-state index is 0.208. The number of nitrogens with one attached hydrogen (secondary N) is 1. The Labute approximate surface area is 124 Å². The molecule has 1 aliphatic heterocycles. The summed E-state index contributed by atoms with van der Waals surface area (Å²) >= 11 is 0. The largest absolute Gasteiger partial charge is 0.316 e. The molecule has 1 unspecified atom stereocenters. The number of hydrogen-bond donors (Lipinski definition) is 1. The zero-order valence-corrected chi connectivity index (χ0v) is 13.4. The van der Waals surface area contributed by atoms with Gasteiger partial charge in [-0.3, -0.25) is 0 Å². The van der Waals surface area contributed by atoms with E-state index in [1.54, 1.807) is 0 Å². The van der Waals surface area contributed by atoms with Gasteiger partial charge >= 0.3 is 0 Å². The fraction of sp³-hybridized carbons (Fsp3) is 0.667. The third-order valence-electron chi connectivity index (χ3n) is 4.70. The van der Waals surface area contributed by atoms with Crippen molar-refractivity contribution in [1.82, 2.24) is 10.2 Å². The van der Waals surface area contributed by atoms with Crippen molar-refractivity contribution in [1.29, 1.82) is 0 Å². The van der Waals surface area contributed by atoms with Gasteiger partial charge in [-0.25, -0.2) is 0 Å². The van der Waals surface area contributed by atoms with Crippen LogP contribution in [0.25, 0.3) is 0 Å². The number of benzene rings is 1. The Bertz CT molecular complexity index is 386. The minimum Gasteiger partial charge on any atom is -0.316 e. The molecule has 1 N–H and O–H groups in total. The van der Waals surface area contributed by atoms with Crippen molar-refractivity contribution >= 4 is 0 Å². The van der Waals surface area contributed by atoms with Gasteiger partial charge < -0.3 is 10.2 Å². The molecule has 1 aromatic carbocycles. The van der Waals surface area contributed by atoms with E-state index in [0.717, 1.165) is 19.1 Å². The molecule has 2 heteroatoms. The molecule has 112 valence electrons. The molecular weight excluding hydrogens is 244 g/mol. The van der Waals surface area contributed by atoms with Gasteiger partial charge in [0.1, 0.15) is 0 Å². The first-order chi connectivity index (χ1) is 9.59. The normalized spacial score (nSPS) is 21.1. The Morgan fingerprint density at radius 3 is 2.65 bits per heavy atom. The van der Waals surface area contributed by atoms with E-state index >= 15 is 0 Å². The second kappa shape index (κ2) is 7.24. The molecule has 1 heterocycles. The van der Waals surface area contributed by atoms with Crippen LogP contribution in [-0.2, 0) is 5.41 Å². The number of piperidine rings is 1. The summed E-state index contributed by atoms with van der Waals surface area (Å²) in [4.78, 5) is 2.54. The number of likely N-dealkylation sites (tertiary alicyclic amines) is 1. The maximum atomic E-state index is 3.67. The molecule has 1 fully saturated rings. The molecule has 2 rings (SSSR count). The highest BCUT2D eigenvalue weighted by molar-refractivity contribution is 5.23. The van der Waals surface area contributed by atoms with Gasteiger partial charge in [0.15, 0.2) is 0 Å². The molecule has 1 aromatic rings. The number of hydrogen-bond acceptors (Lipinski definition) is 2. The van der Waals surface area contributed by atoms with E-state index in [1.165, 1.54) is 37.8 Å². The second-order valence-corrected chi connectivity index (χ2v) is 6.85. The quantitative estimate of drug-likeness (QED) is 0.800. The third kappa shape index (κ3) is 4.32. The van der Waals surface area contributed by atoms with E-state index < -0.39 is 0 Å². The van der Waals surface area contributed by atoms with E-state index in [1.807, 2.05) is 0 Å². The van der Waals surface area contributed by atoms with Gasteiger partial charge in [0.2, 0.25) is 0 Å². The van der Waals surface area contributed by atoms with Gasteiger partial charge in [0.25, 0.3) is 0 Å². The summed E-state index contributed by atoms with van der Waals surface area (Å²) in [7, 11) is 2.28. The van der Waals surface area contributed by atoms with Crippen LogP contribution < -0.4 is 5.32 Å². The zero-order chi connectivity index (χ0) is 14.4. The van der Waals surface area contributed by atoms with Crippen molar-refractivity contribution in [3.05, 3.63) is 35.9 Å². The highest BCUT2D eigenvalue weighted by atomic mass is 15.1. The lowest BCUT2D eigenvalue weighted by Crippen LogP contribution is -2.40. The van der Waals surface area contributed by atoms with Crippen LogP contribution in [0.3, 0.4) is 0 Å². The van der Waals surface area contributed by atoms with Crippen LogP contribution in [0.15, 0.2) is 30.3 Å². The van der Waals surface area contributed by atoms with Gasteiger partial charge in [-0.1, -0.05) is 50.6 Å². The molecule has 0 spiro atoms. The maximum Gasteiger partial charge on any atom is 0.0104 e. The Morgan fingerprint density at radius 1 is 1.20 bits per heavy atom. The molecule has 2 nitrogen and oxygen atoms in total. The Morgan fingerprint density at radius 2 is 1.95 bits per heavy atom. The van der Waals surface area contributed by atoms with Crippen LogP contribution in [0.2, 0.25) is 0 Å². The average molecular weight is 274 g/mol. The Balaban J connectivity index is 1.72. The zero-order valence-electron chi connectivity index (χ0n) is 13.4. The van der Waals surface area contributed by atoms with E-state index in [2.05, 4.69) is 61.4 Å². The predicted molar refractivity (Wildman–Crippen MR) is 87.2 cm³/mol. The summed E-state index contributed by atoms with van der Waals surface area (Å²) < 4.78 is 0. The van der Waals surface area contributed by atoms with Crippen molar-refractivity contribution in [3.63, 3.8) is 0 Å². The Hall–Kier alpha value is -0.860. The van der Waals surface area contributed by atoms with Gasteiger partial charge in [-0.2, -0.15) is 0 Å². The van der Waals surface area contributed by atoms with E-state index in [0.29, 0.717) is 0 Å². The van der Waals surface area contributed by atoms with Crippen molar-refractivity contribution in [2.75, 3.05) is 26.7 Å². The maximum absolute atomic E-state index is 3.67. The molecule has 1 aliphatic rings. The highest BCUT2D eigenvalue weighted by Gasteiger charge is 2.21. The summed E-state index contributed by atoms with van der Waals surface area (Å²) in [6.45, 7) is 8.10. The molecule has 0 aromatic heterocycles. The standard InChI is InChI=1S/C18H30N2/c1-18(2,16-9-5-4-6-10-16)15-19-13-12-17-11-7-8-14-20(17)3/h4-6,9-10,17,19H,7-8,11-15H2,1-3H3. The lowest BCUT2D eigenvalue weighted by molar-refractivity contribution is 0.175. The second-order valence-electron chi connectivity index (χ2n) is 6.85. The monoisotopic (exact) mass is 274 g/mol. The van der Waals surface area contributed by atoms with Gasteiger partial charge in [-0.05, 0) is 45.0 Å². The molecule has 0 aliphatic carbocycles. The van der Waals surface area contributed by atoms with Crippen molar-refractivity contribution in [3.8, 4) is 0 Å².